The van der Waals surface area contributed by atoms with Crippen molar-refractivity contribution in [2.24, 2.45) is 0 Å². The van der Waals surface area contributed by atoms with Gasteiger partial charge >= 0.3 is 5.97 Å². The van der Waals surface area contributed by atoms with Gasteiger partial charge in [-0.2, -0.15) is 12.6 Å². The zero-order chi connectivity index (χ0) is 15.2. The summed E-state index contributed by atoms with van der Waals surface area (Å²) >= 11 is 3.91. The smallest absolute Gasteiger partial charge is 0.327 e. The highest BCUT2D eigenvalue weighted by molar-refractivity contribution is 7.80. The van der Waals surface area contributed by atoms with Crippen LogP contribution >= 0.6 is 12.6 Å². The first-order valence-electron chi connectivity index (χ1n) is 6.80. The number of aromatic amines is 1. The molecule has 2 aromatic rings. The molecule has 0 saturated carbocycles. The molecule has 1 aromatic carbocycles. The highest BCUT2D eigenvalue weighted by atomic mass is 32.1. The maximum Gasteiger partial charge on any atom is 0.327 e. The molecule has 3 N–H and O–H groups in total. The lowest BCUT2D eigenvalue weighted by molar-refractivity contribution is -0.141. The van der Waals surface area contributed by atoms with Crippen LogP contribution in [0, 0.1) is 0 Å². The Hall–Kier alpha value is -1.95. The molecule has 1 atom stereocenters. The number of fused-ring (bicyclic) bond motifs is 1. The molecule has 0 bridgehead atoms. The zero-order valence-electron chi connectivity index (χ0n) is 11.5. The summed E-state index contributed by atoms with van der Waals surface area (Å²) in [4.78, 5) is 25.7. The van der Waals surface area contributed by atoms with Gasteiger partial charge in [0, 0.05) is 29.3 Å². The highest BCUT2D eigenvalue weighted by Crippen LogP contribution is 2.19. The number of thiol groups is 1. The summed E-state index contributed by atoms with van der Waals surface area (Å²) in [5, 5.41) is 12.5. The van der Waals surface area contributed by atoms with Crippen LogP contribution in [0.1, 0.15) is 18.4 Å². The van der Waals surface area contributed by atoms with Crippen molar-refractivity contribution in [1.29, 1.82) is 0 Å². The second kappa shape index (κ2) is 7.17. The van der Waals surface area contributed by atoms with Gasteiger partial charge in [-0.3, -0.25) is 4.79 Å². The number of benzene rings is 1. The maximum atomic E-state index is 11.7. The number of rotatable bonds is 7. The standard InChI is InChI=1S/C15H18N2O3S/c18-14(17-13(9-21)15(19)20)7-3-4-10-8-16-12-6-2-1-5-11(10)12/h1-2,5-6,8,13,16,21H,3-4,7,9H2,(H,17,18)(H,19,20)/t13-/m0/s1. The summed E-state index contributed by atoms with van der Waals surface area (Å²) in [5.74, 6) is -1.23. The van der Waals surface area contributed by atoms with Crippen LogP contribution in [0.4, 0.5) is 0 Å². The first-order valence-corrected chi connectivity index (χ1v) is 7.43. The van der Waals surface area contributed by atoms with Gasteiger partial charge in [-0.05, 0) is 24.5 Å². The predicted molar refractivity (Wildman–Crippen MR) is 84.7 cm³/mol. The lowest BCUT2D eigenvalue weighted by Crippen LogP contribution is -2.42. The van der Waals surface area contributed by atoms with Gasteiger partial charge in [0.1, 0.15) is 6.04 Å². The van der Waals surface area contributed by atoms with Crippen molar-refractivity contribution >= 4 is 35.4 Å². The van der Waals surface area contributed by atoms with Crippen LogP contribution in [-0.4, -0.2) is 33.8 Å². The lowest BCUT2D eigenvalue weighted by atomic mass is 10.1. The summed E-state index contributed by atoms with van der Waals surface area (Å²) in [6.07, 6.45) is 3.70. The zero-order valence-corrected chi connectivity index (χ0v) is 12.4. The minimum atomic E-state index is -1.06. The van der Waals surface area contributed by atoms with Crippen LogP contribution in [0.15, 0.2) is 30.5 Å². The van der Waals surface area contributed by atoms with Crippen molar-refractivity contribution < 1.29 is 14.7 Å². The first-order chi connectivity index (χ1) is 10.1. The van der Waals surface area contributed by atoms with E-state index in [1.54, 1.807) is 0 Å². The maximum absolute atomic E-state index is 11.7. The number of aliphatic carboxylic acids is 1. The van der Waals surface area contributed by atoms with Crippen LogP contribution in [0.25, 0.3) is 10.9 Å². The number of para-hydroxylation sites is 1. The van der Waals surface area contributed by atoms with Gasteiger partial charge in [-0.25, -0.2) is 4.79 Å². The topological polar surface area (TPSA) is 82.2 Å². The number of amides is 1. The van der Waals surface area contributed by atoms with Crippen molar-refractivity contribution in [2.45, 2.75) is 25.3 Å². The third-order valence-corrected chi connectivity index (χ3v) is 3.71. The van der Waals surface area contributed by atoms with Gasteiger partial charge in [0.05, 0.1) is 0 Å². The van der Waals surface area contributed by atoms with E-state index in [2.05, 4.69) is 22.9 Å². The van der Waals surface area contributed by atoms with E-state index in [4.69, 9.17) is 5.11 Å². The average molecular weight is 306 g/mol. The predicted octanol–water partition coefficient (Wildman–Crippen LogP) is 1.99. The molecule has 1 heterocycles. The third kappa shape index (κ3) is 4.01. The van der Waals surface area contributed by atoms with Crippen LogP contribution in [-0.2, 0) is 16.0 Å². The van der Waals surface area contributed by atoms with Crippen molar-refractivity contribution in [2.75, 3.05) is 5.75 Å². The molecule has 0 radical (unpaired) electrons. The Morgan fingerprint density at radius 1 is 1.33 bits per heavy atom. The third-order valence-electron chi connectivity index (χ3n) is 3.34. The summed E-state index contributed by atoms with van der Waals surface area (Å²) in [6.45, 7) is 0. The van der Waals surface area contributed by atoms with Gasteiger partial charge in [0.2, 0.25) is 5.91 Å². The number of hydrogen-bond acceptors (Lipinski definition) is 3. The van der Waals surface area contributed by atoms with E-state index in [0.717, 1.165) is 17.3 Å². The molecule has 112 valence electrons. The quantitative estimate of drug-likeness (QED) is 0.590. The number of carbonyl (C=O) groups is 2. The summed E-state index contributed by atoms with van der Waals surface area (Å²) in [6, 6.07) is 7.09. The summed E-state index contributed by atoms with van der Waals surface area (Å²) in [7, 11) is 0. The Kier molecular flexibility index (Phi) is 5.27. The van der Waals surface area contributed by atoms with E-state index >= 15 is 0 Å². The van der Waals surface area contributed by atoms with Crippen LogP contribution < -0.4 is 5.32 Å². The number of carboxylic acids is 1. The van der Waals surface area contributed by atoms with E-state index in [0.29, 0.717) is 12.8 Å². The van der Waals surface area contributed by atoms with Crippen LogP contribution in [0.3, 0.4) is 0 Å². The van der Waals surface area contributed by atoms with Crippen molar-refractivity contribution in [3.63, 3.8) is 0 Å². The Labute approximate surface area is 128 Å². The fourth-order valence-corrected chi connectivity index (χ4v) is 2.48. The minimum absolute atomic E-state index is 0.0868. The molecule has 0 aliphatic rings. The van der Waals surface area contributed by atoms with E-state index in [1.165, 1.54) is 5.56 Å². The average Bonchev–Trinajstić information content (AvgIpc) is 2.88. The molecule has 6 heteroatoms. The largest absolute Gasteiger partial charge is 0.480 e. The Morgan fingerprint density at radius 3 is 2.81 bits per heavy atom. The molecular formula is C15H18N2O3S. The molecule has 0 unspecified atom stereocenters. The lowest BCUT2D eigenvalue weighted by Gasteiger charge is -2.11. The number of carbonyl (C=O) groups excluding carboxylic acids is 1. The van der Waals surface area contributed by atoms with E-state index < -0.39 is 12.0 Å². The monoisotopic (exact) mass is 306 g/mol. The molecule has 0 aliphatic heterocycles. The van der Waals surface area contributed by atoms with Gasteiger partial charge in [-0.15, -0.1) is 0 Å². The second-order valence-corrected chi connectivity index (χ2v) is 5.22. The molecule has 0 saturated heterocycles. The van der Waals surface area contributed by atoms with E-state index in [9.17, 15) is 9.59 Å². The van der Waals surface area contributed by atoms with E-state index in [1.807, 2.05) is 30.5 Å². The summed E-state index contributed by atoms with van der Waals surface area (Å²) < 4.78 is 0. The Morgan fingerprint density at radius 2 is 2.10 bits per heavy atom. The number of nitrogens with one attached hydrogen (secondary N) is 2. The Bertz CT molecular complexity index is 639. The summed E-state index contributed by atoms with van der Waals surface area (Å²) in [5.41, 5.74) is 2.25. The molecule has 21 heavy (non-hydrogen) atoms. The number of carboxylic acid groups (broad SMARTS) is 1. The second-order valence-electron chi connectivity index (χ2n) is 4.85. The van der Waals surface area contributed by atoms with Crippen LogP contribution in [0.2, 0.25) is 0 Å². The van der Waals surface area contributed by atoms with Gasteiger partial charge in [-0.1, -0.05) is 18.2 Å². The van der Waals surface area contributed by atoms with E-state index in [-0.39, 0.29) is 11.7 Å². The molecule has 0 aliphatic carbocycles. The number of aryl methyl sites for hydroxylation is 1. The number of H-pyrrole nitrogens is 1. The molecule has 5 nitrogen and oxygen atoms in total. The number of aromatic nitrogens is 1. The van der Waals surface area contributed by atoms with Crippen LogP contribution in [0.5, 0.6) is 0 Å². The number of hydrogen-bond donors (Lipinski definition) is 4. The molecule has 1 amide bonds. The normalized spacial score (nSPS) is 12.2. The van der Waals surface area contributed by atoms with Gasteiger partial charge in [0.25, 0.3) is 0 Å². The fourth-order valence-electron chi connectivity index (χ4n) is 2.23. The van der Waals surface area contributed by atoms with Gasteiger partial charge in [0.15, 0.2) is 0 Å². The first kappa shape index (κ1) is 15.4. The highest BCUT2D eigenvalue weighted by Gasteiger charge is 2.17. The minimum Gasteiger partial charge on any atom is -0.480 e. The van der Waals surface area contributed by atoms with Crippen molar-refractivity contribution in [3.8, 4) is 0 Å². The van der Waals surface area contributed by atoms with Gasteiger partial charge < -0.3 is 15.4 Å². The molecule has 0 spiro atoms. The Balaban J connectivity index is 1.84. The molecule has 2 rings (SSSR count). The fraction of sp³-hybridized carbons (Fsp3) is 0.333. The molecule has 1 aromatic heterocycles. The SMILES string of the molecule is O=C(CCCc1c[nH]c2ccccc12)N[C@@H](CS)C(=O)O. The van der Waals surface area contributed by atoms with Crippen molar-refractivity contribution in [1.82, 2.24) is 10.3 Å². The molecular weight excluding hydrogens is 288 g/mol. The van der Waals surface area contributed by atoms with Crippen molar-refractivity contribution in [3.05, 3.63) is 36.0 Å². The molecule has 0 fully saturated rings.